The Morgan fingerprint density at radius 2 is 1.91 bits per heavy atom. The molecule has 0 aliphatic heterocycles. The van der Waals surface area contributed by atoms with Crippen LogP contribution in [0.5, 0.6) is 11.5 Å². The topological polar surface area (TPSA) is 67.3 Å². The van der Waals surface area contributed by atoms with Gasteiger partial charge >= 0.3 is 0 Å². The van der Waals surface area contributed by atoms with E-state index < -0.39 is 0 Å². The fourth-order valence-electron chi connectivity index (χ4n) is 2.39. The molecule has 0 radical (unpaired) electrons. The van der Waals surface area contributed by atoms with E-state index in [-0.39, 0.29) is 17.6 Å². The van der Waals surface area contributed by atoms with Crippen LogP contribution in [0.3, 0.4) is 0 Å². The van der Waals surface area contributed by atoms with E-state index in [0.29, 0.717) is 22.5 Å². The Bertz CT molecular complexity index is 837. The van der Waals surface area contributed by atoms with Gasteiger partial charge in [0.05, 0.1) is 12.6 Å². The maximum atomic E-state index is 13.0. The molecule has 118 valence electrons. The largest absolute Gasteiger partial charge is 0.504 e. The number of fused-ring (bicyclic) bond motifs is 1. The first kappa shape index (κ1) is 15.0. The van der Waals surface area contributed by atoms with Crippen molar-refractivity contribution >= 4 is 16.7 Å². The highest BCUT2D eigenvalue weighted by Crippen LogP contribution is 2.33. The first-order valence-corrected chi connectivity index (χ1v) is 7.12. The number of methoxy groups -OCH3 is 1. The van der Waals surface area contributed by atoms with Gasteiger partial charge in [0.2, 0.25) is 0 Å². The second kappa shape index (κ2) is 6.08. The molecule has 0 amide bonds. The molecule has 1 atom stereocenters. The van der Waals surface area contributed by atoms with Gasteiger partial charge in [-0.25, -0.2) is 14.4 Å². The van der Waals surface area contributed by atoms with Crippen molar-refractivity contribution in [1.82, 2.24) is 9.97 Å². The summed E-state index contributed by atoms with van der Waals surface area (Å²) in [6.07, 6.45) is 1.44. The molecule has 0 aliphatic carbocycles. The van der Waals surface area contributed by atoms with E-state index in [2.05, 4.69) is 15.3 Å². The monoisotopic (exact) mass is 313 g/mol. The average molecular weight is 313 g/mol. The molecule has 6 heteroatoms. The third kappa shape index (κ3) is 3.01. The lowest BCUT2D eigenvalue weighted by Gasteiger charge is -2.16. The summed E-state index contributed by atoms with van der Waals surface area (Å²) in [4.78, 5) is 8.43. The van der Waals surface area contributed by atoms with E-state index in [9.17, 15) is 9.50 Å². The SMILES string of the molecule is COc1cc2ncnc(NC(C)c3ccc(F)cc3)c2cc1O. The Hall–Kier alpha value is -2.89. The van der Waals surface area contributed by atoms with Crippen LogP contribution in [0, 0.1) is 5.82 Å². The zero-order valence-electron chi connectivity index (χ0n) is 12.7. The third-order valence-corrected chi connectivity index (χ3v) is 3.66. The zero-order chi connectivity index (χ0) is 16.4. The van der Waals surface area contributed by atoms with Gasteiger partial charge in [0.15, 0.2) is 11.5 Å². The van der Waals surface area contributed by atoms with Crippen LogP contribution in [-0.2, 0) is 0 Å². The van der Waals surface area contributed by atoms with Gasteiger partial charge in [0.1, 0.15) is 18.0 Å². The number of hydrogen-bond acceptors (Lipinski definition) is 5. The number of hydrogen-bond donors (Lipinski definition) is 2. The van der Waals surface area contributed by atoms with Gasteiger partial charge < -0.3 is 15.2 Å². The summed E-state index contributed by atoms with van der Waals surface area (Å²) >= 11 is 0. The Morgan fingerprint density at radius 1 is 1.17 bits per heavy atom. The van der Waals surface area contributed by atoms with Crippen molar-refractivity contribution in [3.63, 3.8) is 0 Å². The molecule has 2 aromatic carbocycles. The number of aromatic hydroxyl groups is 1. The number of rotatable bonds is 4. The van der Waals surface area contributed by atoms with Crippen LogP contribution in [0.15, 0.2) is 42.7 Å². The molecule has 0 bridgehead atoms. The van der Waals surface area contributed by atoms with Crippen molar-refractivity contribution in [1.29, 1.82) is 0 Å². The number of nitrogens with zero attached hydrogens (tertiary/aromatic N) is 2. The molecule has 1 unspecified atom stereocenters. The van der Waals surface area contributed by atoms with Crippen molar-refractivity contribution in [3.8, 4) is 11.5 Å². The standard InChI is InChI=1S/C17H16FN3O2/c1-10(11-3-5-12(18)6-4-11)21-17-13-7-15(22)16(23-2)8-14(13)19-9-20-17/h3-10,22H,1-2H3,(H,19,20,21). The Labute approximate surface area is 132 Å². The summed E-state index contributed by atoms with van der Waals surface area (Å²) in [6.45, 7) is 1.95. The lowest BCUT2D eigenvalue weighted by molar-refractivity contribution is 0.374. The van der Waals surface area contributed by atoms with Gasteiger partial charge in [0.25, 0.3) is 0 Å². The highest BCUT2D eigenvalue weighted by atomic mass is 19.1. The molecular weight excluding hydrogens is 297 g/mol. The maximum Gasteiger partial charge on any atom is 0.162 e. The molecule has 0 saturated heterocycles. The van der Waals surface area contributed by atoms with Crippen molar-refractivity contribution in [2.24, 2.45) is 0 Å². The Morgan fingerprint density at radius 3 is 2.61 bits per heavy atom. The van der Waals surface area contributed by atoms with Crippen molar-refractivity contribution in [3.05, 3.63) is 54.1 Å². The molecular formula is C17H16FN3O2. The molecule has 0 saturated carbocycles. The normalized spacial score (nSPS) is 12.1. The number of ether oxygens (including phenoxy) is 1. The van der Waals surface area contributed by atoms with Crippen LogP contribution in [0.4, 0.5) is 10.2 Å². The molecule has 2 N–H and O–H groups in total. The minimum Gasteiger partial charge on any atom is -0.504 e. The second-order valence-electron chi connectivity index (χ2n) is 5.18. The molecule has 1 heterocycles. The highest BCUT2D eigenvalue weighted by Gasteiger charge is 2.12. The van der Waals surface area contributed by atoms with Crippen LogP contribution in [0.2, 0.25) is 0 Å². The van der Waals surface area contributed by atoms with Crippen LogP contribution >= 0.6 is 0 Å². The Balaban J connectivity index is 1.96. The summed E-state index contributed by atoms with van der Waals surface area (Å²) in [7, 11) is 1.48. The number of aromatic nitrogens is 2. The molecule has 0 aliphatic rings. The third-order valence-electron chi connectivity index (χ3n) is 3.66. The Kier molecular flexibility index (Phi) is 3.97. The summed E-state index contributed by atoms with van der Waals surface area (Å²) in [5, 5.41) is 13.9. The summed E-state index contributed by atoms with van der Waals surface area (Å²) in [5.74, 6) is 0.691. The first-order valence-electron chi connectivity index (χ1n) is 7.12. The first-order chi connectivity index (χ1) is 11.1. The number of nitrogens with one attached hydrogen (secondary N) is 1. The van der Waals surface area contributed by atoms with E-state index in [0.717, 1.165) is 5.56 Å². The lowest BCUT2D eigenvalue weighted by Crippen LogP contribution is -2.08. The van der Waals surface area contributed by atoms with Crippen LogP contribution in [-0.4, -0.2) is 22.2 Å². The summed E-state index contributed by atoms with van der Waals surface area (Å²) in [5.41, 5.74) is 1.58. The van der Waals surface area contributed by atoms with Crippen molar-refractivity contribution in [2.45, 2.75) is 13.0 Å². The molecule has 3 rings (SSSR count). The fraction of sp³-hybridized carbons (Fsp3) is 0.176. The smallest absolute Gasteiger partial charge is 0.162 e. The molecule has 0 spiro atoms. The second-order valence-corrected chi connectivity index (χ2v) is 5.18. The van der Waals surface area contributed by atoms with Crippen LogP contribution < -0.4 is 10.1 Å². The van der Waals surface area contributed by atoms with E-state index in [4.69, 9.17) is 4.74 Å². The summed E-state index contributed by atoms with van der Waals surface area (Å²) in [6, 6.07) is 9.41. The van der Waals surface area contributed by atoms with Gasteiger partial charge in [0, 0.05) is 17.5 Å². The number of phenols is 1. The van der Waals surface area contributed by atoms with Gasteiger partial charge in [-0.3, -0.25) is 0 Å². The van der Waals surface area contributed by atoms with E-state index in [1.807, 2.05) is 6.92 Å². The predicted octanol–water partition coefficient (Wildman–Crippen LogP) is 3.66. The average Bonchev–Trinajstić information content (AvgIpc) is 2.55. The minimum atomic E-state index is -0.273. The number of halogens is 1. The van der Waals surface area contributed by atoms with Crippen LogP contribution in [0.1, 0.15) is 18.5 Å². The number of phenolic OH excluding ortho intramolecular Hbond substituents is 1. The molecule has 3 aromatic rings. The van der Waals surface area contributed by atoms with Crippen molar-refractivity contribution in [2.75, 3.05) is 12.4 Å². The fourth-order valence-corrected chi connectivity index (χ4v) is 2.39. The minimum absolute atomic E-state index is 0.0206. The van der Waals surface area contributed by atoms with E-state index >= 15 is 0 Å². The number of benzene rings is 2. The van der Waals surface area contributed by atoms with Gasteiger partial charge in [-0.15, -0.1) is 0 Å². The number of anilines is 1. The predicted molar refractivity (Wildman–Crippen MR) is 86.2 cm³/mol. The van der Waals surface area contributed by atoms with Crippen molar-refractivity contribution < 1.29 is 14.2 Å². The van der Waals surface area contributed by atoms with E-state index in [1.54, 1.807) is 24.3 Å². The molecule has 23 heavy (non-hydrogen) atoms. The lowest BCUT2D eigenvalue weighted by atomic mass is 10.1. The van der Waals surface area contributed by atoms with E-state index in [1.165, 1.54) is 25.6 Å². The van der Waals surface area contributed by atoms with Gasteiger partial charge in [-0.2, -0.15) is 0 Å². The van der Waals surface area contributed by atoms with Crippen LogP contribution in [0.25, 0.3) is 10.9 Å². The van der Waals surface area contributed by atoms with Gasteiger partial charge in [-0.05, 0) is 30.7 Å². The maximum absolute atomic E-state index is 13.0. The quantitative estimate of drug-likeness (QED) is 0.769. The zero-order valence-corrected chi connectivity index (χ0v) is 12.7. The molecule has 5 nitrogen and oxygen atoms in total. The molecule has 0 fully saturated rings. The summed E-state index contributed by atoms with van der Waals surface area (Å²) < 4.78 is 18.1. The molecule has 1 aromatic heterocycles. The highest BCUT2D eigenvalue weighted by molar-refractivity contribution is 5.91. The van der Waals surface area contributed by atoms with Gasteiger partial charge in [-0.1, -0.05) is 12.1 Å².